The lowest BCUT2D eigenvalue weighted by molar-refractivity contribution is -0.126. The molecule has 1 aliphatic heterocycles. The van der Waals surface area contributed by atoms with E-state index >= 15 is 0 Å². The van der Waals surface area contributed by atoms with Gasteiger partial charge in [0.05, 0.1) is 6.54 Å². The second-order valence-electron chi connectivity index (χ2n) is 7.22. The molecule has 0 bridgehead atoms. The summed E-state index contributed by atoms with van der Waals surface area (Å²) in [6, 6.07) is 6.51. The van der Waals surface area contributed by atoms with E-state index in [2.05, 4.69) is 21.3 Å². The largest absolute Gasteiger partial charge is 0.350 e. The minimum Gasteiger partial charge on any atom is -0.350 e. The molecule has 0 radical (unpaired) electrons. The van der Waals surface area contributed by atoms with E-state index in [0.29, 0.717) is 24.4 Å². The predicted molar refractivity (Wildman–Crippen MR) is 99.4 cm³/mol. The number of carbonyl (C=O) groups is 4. The van der Waals surface area contributed by atoms with Crippen LogP contribution in [0.5, 0.6) is 0 Å². The molecule has 5 amide bonds. The molecule has 0 spiro atoms. The molecule has 0 unspecified atom stereocenters. The van der Waals surface area contributed by atoms with Crippen molar-refractivity contribution in [3.05, 3.63) is 35.4 Å². The van der Waals surface area contributed by atoms with Crippen molar-refractivity contribution in [2.24, 2.45) is 5.92 Å². The molecular formula is C19H26N4O4. The van der Waals surface area contributed by atoms with Gasteiger partial charge in [-0.15, -0.1) is 0 Å². The topological polar surface area (TPSA) is 116 Å². The molecular weight excluding hydrogens is 348 g/mol. The standard InChI is InChI=1S/C19H26N4O4/c1-12(2)4-9-15(24)21-11-16(25)20-10-13-5-7-14(8-6-13)19(3)17(26)22-18(27)23-19/h5-8,12H,4,9-11H2,1-3H3,(H,20,25)(H,21,24)(H2,22,23,26,27)/t19-/m0/s1. The first-order valence-corrected chi connectivity index (χ1v) is 8.97. The van der Waals surface area contributed by atoms with Gasteiger partial charge in [0.1, 0.15) is 5.54 Å². The van der Waals surface area contributed by atoms with Gasteiger partial charge in [-0.2, -0.15) is 0 Å². The highest BCUT2D eigenvalue weighted by molar-refractivity contribution is 6.07. The molecule has 1 aromatic carbocycles. The van der Waals surface area contributed by atoms with E-state index in [1.54, 1.807) is 31.2 Å². The van der Waals surface area contributed by atoms with E-state index in [1.165, 1.54) is 0 Å². The van der Waals surface area contributed by atoms with Crippen molar-refractivity contribution >= 4 is 23.8 Å². The van der Waals surface area contributed by atoms with Crippen LogP contribution in [-0.2, 0) is 26.5 Å². The summed E-state index contributed by atoms with van der Waals surface area (Å²) in [5.41, 5.74) is 0.393. The van der Waals surface area contributed by atoms with Gasteiger partial charge >= 0.3 is 6.03 Å². The van der Waals surface area contributed by atoms with Crippen LogP contribution in [0.25, 0.3) is 0 Å². The zero-order chi connectivity index (χ0) is 20.0. The number of hydrogen-bond donors (Lipinski definition) is 4. The van der Waals surface area contributed by atoms with E-state index in [0.717, 1.165) is 12.0 Å². The molecule has 8 heteroatoms. The highest BCUT2D eigenvalue weighted by atomic mass is 16.2. The summed E-state index contributed by atoms with van der Waals surface area (Å²) in [5.74, 6) is -0.361. The first-order valence-electron chi connectivity index (χ1n) is 8.97. The van der Waals surface area contributed by atoms with Gasteiger partial charge in [0.15, 0.2) is 0 Å². The minimum atomic E-state index is -1.10. The molecule has 0 aromatic heterocycles. The van der Waals surface area contributed by atoms with Gasteiger partial charge in [0, 0.05) is 13.0 Å². The van der Waals surface area contributed by atoms with Crippen LogP contribution >= 0.6 is 0 Å². The maximum Gasteiger partial charge on any atom is 0.322 e. The van der Waals surface area contributed by atoms with Crippen molar-refractivity contribution in [2.45, 2.75) is 45.7 Å². The number of nitrogens with one attached hydrogen (secondary N) is 4. The third kappa shape index (κ3) is 5.54. The van der Waals surface area contributed by atoms with Gasteiger partial charge in [-0.3, -0.25) is 19.7 Å². The number of imide groups is 1. The SMILES string of the molecule is CC(C)CCC(=O)NCC(=O)NCc1ccc([C@]2(C)NC(=O)NC2=O)cc1. The zero-order valence-corrected chi connectivity index (χ0v) is 15.8. The second-order valence-corrected chi connectivity index (χ2v) is 7.22. The van der Waals surface area contributed by atoms with E-state index in [-0.39, 0.29) is 18.4 Å². The van der Waals surface area contributed by atoms with Crippen molar-refractivity contribution in [3.8, 4) is 0 Å². The van der Waals surface area contributed by atoms with Crippen LogP contribution in [0, 0.1) is 5.92 Å². The predicted octanol–water partition coefficient (Wildman–Crippen LogP) is 0.910. The van der Waals surface area contributed by atoms with Gasteiger partial charge < -0.3 is 16.0 Å². The molecule has 1 aromatic rings. The number of carbonyl (C=O) groups excluding carboxylic acids is 4. The van der Waals surface area contributed by atoms with Crippen LogP contribution in [0.1, 0.15) is 44.7 Å². The Balaban J connectivity index is 1.80. The van der Waals surface area contributed by atoms with Gasteiger partial charge in [-0.1, -0.05) is 38.1 Å². The summed E-state index contributed by atoms with van der Waals surface area (Å²) in [4.78, 5) is 46.7. The molecule has 0 aliphatic carbocycles. The summed E-state index contributed by atoms with van der Waals surface area (Å²) in [6.07, 6.45) is 1.20. The van der Waals surface area contributed by atoms with Crippen molar-refractivity contribution in [1.82, 2.24) is 21.3 Å². The maximum atomic E-state index is 11.9. The second kappa shape index (κ2) is 8.66. The van der Waals surface area contributed by atoms with E-state index in [9.17, 15) is 19.2 Å². The summed E-state index contributed by atoms with van der Waals surface area (Å²) in [5, 5.41) is 10.1. The Morgan fingerprint density at radius 3 is 2.30 bits per heavy atom. The van der Waals surface area contributed by atoms with Gasteiger partial charge in [-0.25, -0.2) is 4.79 Å². The lowest BCUT2D eigenvalue weighted by Gasteiger charge is -2.21. The average molecular weight is 374 g/mol. The van der Waals surface area contributed by atoms with Crippen molar-refractivity contribution in [3.63, 3.8) is 0 Å². The first kappa shape index (κ1) is 20.4. The van der Waals surface area contributed by atoms with Gasteiger partial charge in [0.25, 0.3) is 5.91 Å². The maximum absolute atomic E-state index is 11.9. The average Bonchev–Trinajstić information content (AvgIpc) is 2.89. The quantitative estimate of drug-likeness (QED) is 0.506. The number of amides is 5. The highest BCUT2D eigenvalue weighted by Gasteiger charge is 2.43. The summed E-state index contributed by atoms with van der Waals surface area (Å²) in [7, 11) is 0. The molecule has 8 nitrogen and oxygen atoms in total. The zero-order valence-electron chi connectivity index (χ0n) is 15.8. The summed E-state index contributed by atoms with van der Waals surface area (Å²) >= 11 is 0. The smallest absolute Gasteiger partial charge is 0.322 e. The molecule has 4 N–H and O–H groups in total. The molecule has 1 fully saturated rings. The number of rotatable bonds is 8. The van der Waals surface area contributed by atoms with Crippen LogP contribution in [-0.4, -0.2) is 30.3 Å². The van der Waals surface area contributed by atoms with Crippen LogP contribution in [0.3, 0.4) is 0 Å². The van der Waals surface area contributed by atoms with Crippen molar-refractivity contribution < 1.29 is 19.2 Å². The van der Waals surface area contributed by atoms with Gasteiger partial charge in [-0.05, 0) is 30.4 Å². The fraction of sp³-hybridized carbons (Fsp3) is 0.474. The minimum absolute atomic E-state index is 0.0563. The first-order chi connectivity index (χ1) is 12.7. The Bertz CT molecular complexity index is 730. The molecule has 1 atom stereocenters. The van der Waals surface area contributed by atoms with Crippen LogP contribution in [0.4, 0.5) is 4.79 Å². The van der Waals surface area contributed by atoms with Crippen LogP contribution in [0.15, 0.2) is 24.3 Å². The molecule has 1 heterocycles. The third-order valence-electron chi connectivity index (χ3n) is 4.46. The Labute approximate surface area is 158 Å². The van der Waals surface area contributed by atoms with Crippen molar-refractivity contribution in [1.29, 1.82) is 0 Å². The number of hydrogen-bond acceptors (Lipinski definition) is 4. The summed E-state index contributed by atoms with van der Waals surface area (Å²) in [6.45, 7) is 5.96. The molecule has 0 saturated carbocycles. The monoisotopic (exact) mass is 374 g/mol. The van der Waals surface area contributed by atoms with Crippen LogP contribution < -0.4 is 21.3 Å². The number of benzene rings is 1. The van der Waals surface area contributed by atoms with E-state index in [4.69, 9.17) is 0 Å². The van der Waals surface area contributed by atoms with Gasteiger partial charge in [0.2, 0.25) is 11.8 Å². The molecule has 146 valence electrons. The number of urea groups is 1. The highest BCUT2D eigenvalue weighted by Crippen LogP contribution is 2.24. The van der Waals surface area contributed by atoms with Crippen LogP contribution in [0.2, 0.25) is 0 Å². The molecule has 1 aliphatic rings. The summed E-state index contributed by atoms with van der Waals surface area (Å²) < 4.78 is 0. The third-order valence-corrected chi connectivity index (χ3v) is 4.46. The Morgan fingerprint density at radius 2 is 1.74 bits per heavy atom. The normalized spacial score (nSPS) is 18.8. The Hall–Kier alpha value is -2.90. The Kier molecular flexibility index (Phi) is 6.55. The Morgan fingerprint density at radius 1 is 1.07 bits per heavy atom. The molecule has 27 heavy (non-hydrogen) atoms. The fourth-order valence-electron chi connectivity index (χ4n) is 2.65. The van der Waals surface area contributed by atoms with Crippen molar-refractivity contribution in [2.75, 3.05) is 6.54 Å². The molecule has 2 rings (SSSR count). The lowest BCUT2D eigenvalue weighted by atomic mass is 9.91. The van der Waals surface area contributed by atoms with E-state index < -0.39 is 17.5 Å². The fourth-order valence-corrected chi connectivity index (χ4v) is 2.65. The molecule has 1 saturated heterocycles. The van der Waals surface area contributed by atoms with E-state index in [1.807, 2.05) is 13.8 Å². The lowest BCUT2D eigenvalue weighted by Crippen LogP contribution is -2.40.